The molecule has 0 fully saturated rings. The quantitative estimate of drug-likeness (QED) is 0.235. The number of hydroxylamine groups is 2. The number of nitrogens with zero attached hydrogens (tertiary/aromatic N) is 1. The molecule has 0 radical (unpaired) electrons. The molecule has 0 aliphatic carbocycles. The lowest BCUT2D eigenvalue weighted by Crippen LogP contribution is -2.25. The van der Waals surface area contributed by atoms with Crippen LogP contribution in [0, 0.1) is 5.82 Å². The molecule has 1 aromatic heterocycles. The summed E-state index contributed by atoms with van der Waals surface area (Å²) < 4.78 is 14.4. The van der Waals surface area contributed by atoms with Gasteiger partial charge in [-0.15, -0.1) is 5.06 Å². The number of para-hydroxylation sites is 1. The van der Waals surface area contributed by atoms with Crippen LogP contribution in [0.4, 0.5) is 4.39 Å². The Balaban J connectivity index is 2.01. The van der Waals surface area contributed by atoms with E-state index in [4.69, 9.17) is 0 Å². The van der Waals surface area contributed by atoms with E-state index in [1.165, 1.54) is 6.07 Å². The number of fused-ring (bicyclic) bond motifs is 10. The van der Waals surface area contributed by atoms with E-state index in [2.05, 4.69) is 4.98 Å². The monoisotopic (exact) mass is 370 g/mol. The number of benzene rings is 4. The molecule has 134 valence electrons. The first-order valence-electron chi connectivity index (χ1n) is 8.73. The summed E-state index contributed by atoms with van der Waals surface area (Å²) >= 11 is 0. The number of hydrogen-bond acceptors (Lipinski definition) is 3. The number of carbonyl (C=O) groups excluding carboxylic acids is 2. The maximum Gasteiger partial charge on any atom is 0.286 e. The van der Waals surface area contributed by atoms with Crippen molar-refractivity contribution < 1.29 is 19.2 Å². The van der Waals surface area contributed by atoms with Crippen molar-refractivity contribution in [2.45, 2.75) is 0 Å². The lowest BCUT2D eigenvalue weighted by Gasteiger charge is -2.09. The highest BCUT2D eigenvalue weighted by Crippen LogP contribution is 2.43. The fraction of sp³-hybridized carbons (Fsp3) is 0. The van der Waals surface area contributed by atoms with Gasteiger partial charge in [-0.25, -0.2) is 4.39 Å². The van der Waals surface area contributed by atoms with Crippen LogP contribution in [0.1, 0.15) is 20.7 Å². The van der Waals surface area contributed by atoms with Crippen molar-refractivity contribution in [3.63, 3.8) is 0 Å². The number of H-pyrrole nitrogens is 1. The SMILES string of the molecule is O=C1c2c(c3c4cccc(F)c4[nH]c3c3ccc4ccccc4c23)C(=O)N1O. The maximum atomic E-state index is 14.4. The molecule has 6 rings (SSSR count). The molecule has 1 aliphatic rings. The van der Waals surface area contributed by atoms with Gasteiger partial charge in [0.05, 0.1) is 22.2 Å². The van der Waals surface area contributed by atoms with Crippen LogP contribution < -0.4 is 0 Å². The smallest absolute Gasteiger partial charge is 0.286 e. The molecule has 28 heavy (non-hydrogen) atoms. The average molecular weight is 370 g/mol. The zero-order valence-corrected chi connectivity index (χ0v) is 14.3. The van der Waals surface area contributed by atoms with Crippen LogP contribution in [-0.4, -0.2) is 27.1 Å². The topological polar surface area (TPSA) is 73.4 Å². The molecule has 1 aliphatic heterocycles. The Hall–Kier alpha value is -3.77. The van der Waals surface area contributed by atoms with Gasteiger partial charge < -0.3 is 4.98 Å². The summed E-state index contributed by atoms with van der Waals surface area (Å²) in [7, 11) is 0. The van der Waals surface area contributed by atoms with Gasteiger partial charge in [0.1, 0.15) is 5.82 Å². The third-order valence-corrected chi connectivity index (χ3v) is 5.54. The first-order chi connectivity index (χ1) is 13.6. The second kappa shape index (κ2) is 4.94. The summed E-state index contributed by atoms with van der Waals surface area (Å²) in [6.45, 7) is 0. The predicted molar refractivity (Wildman–Crippen MR) is 103 cm³/mol. The Morgan fingerprint density at radius 2 is 1.43 bits per heavy atom. The minimum Gasteiger partial charge on any atom is -0.352 e. The van der Waals surface area contributed by atoms with E-state index in [0.717, 1.165) is 10.8 Å². The first kappa shape index (κ1) is 15.3. The second-order valence-corrected chi connectivity index (χ2v) is 6.92. The van der Waals surface area contributed by atoms with Gasteiger partial charge in [-0.3, -0.25) is 14.8 Å². The summed E-state index contributed by atoms with van der Waals surface area (Å²) in [4.78, 5) is 28.7. The number of nitrogens with one attached hydrogen (secondary N) is 1. The molecule has 5 aromatic rings. The number of hydrogen-bond donors (Lipinski definition) is 2. The minimum absolute atomic E-state index is 0.100. The Kier molecular flexibility index (Phi) is 2.70. The van der Waals surface area contributed by atoms with Crippen LogP contribution >= 0.6 is 0 Å². The molecular formula is C22H11FN2O3. The molecule has 2 N–H and O–H groups in total. The molecule has 5 nitrogen and oxygen atoms in total. The van der Waals surface area contributed by atoms with E-state index >= 15 is 0 Å². The number of amides is 2. The molecule has 4 aromatic carbocycles. The molecule has 0 saturated heterocycles. The van der Waals surface area contributed by atoms with Crippen molar-refractivity contribution in [3.05, 3.63) is 71.5 Å². The van der Waals surface area contributed by atoms with Crippen LogP contribution in [0.15, 0.2) is 54.6 Å². The van der Waals surface area contributed by atoms with Crippen LogP contribution in [-0.2, 0) is 0 Å². The van der Waals surface area contributed by atoms with Gasteiger partial charge in [-0.2, -0.15) is 0 Å². The highest BCUT2D eigenvalue weighted by atomic mass is 19.1. The Labute approximate surface area is 156 Å². The summed E-state index contributed by atoms with van der Waals surface area (Å²) in [5.74, 6) is -2.02. The van der Waals surface area contributed by atoms with Crippen molar-refractivity contribution in [1.82, 2.24) is 10.0 Å². The maximum absolute atomic E-state index is 14.4. The fourth-order valence-corrected chi connectivity index (χ4v) is 4.37. The van der Waals surface area contributed by atoms with Gasteiger partial charge in [0.25, 0.3) is 11.8 Å². The zero-order valence-electron chi connectivity index (χ0n) is 14.3. The highest BCUT2D eigenvalue weighted by molar-refractivity contribution is 6.38. The fourth-order valence-electron chi connectivity index (χ4n) is 4.37. The lowest BCUT2D eigenvalue weighted by molar-refractivity contribution is -0.0325. The summed E-state index contributed by atoms with van der Waals surface area (Å²) in [5.41, 5.74) is 1.08. The van der Waals surface area contributed by atoms with Gasteiger partial charge in [0.2, 0.25) is 0 Å². The Morgan fingerprint density at radius 1 is 0.750 bits per heavy atom. The van der Waals surface area contributed by atoms with Gasteiger partial charge in [0.15, 0.2) is 0 Å². The van der Waals surface area contributed by atoms with E-state index in [0.29, 0.717) is 27.1 Å². The highest BCUT2D eigenvalue weighted by Gasteiger charge is 2.40. The van der Waals surface area contributed by atoms with Gasteiger partial charge in [-0.1, -0.05) is 48.5 Å². The molecule has 2 heterocycles. The largest absolute Gasteiger partial charge is 0.352 e. The summed E-state index contributed by atoms with van der Waals surface area (Å²) in [6, 6.07) is 15.9. The van der Waals surface area contributed by atoms with E-state index in [-0.39, 0.29) is 21.7 Å². The summed E-state index contributed by atoms with van der Waals surface area (Å²) in [6.07, 6.45) is 0. The van der Waals surface area contributed by atoms with Crippen LogP contribution in [0.5, 0.6) is 0 Å². The molecular weight excluding hydrogens is 359 g/mol. The number of carbonyl (C=O) groups is 2. The number of halogens is 1. The second-order valence-electron chi connectivity index (χ2n) is 6.92. The molecule has 0 saturated carbocycles. The molecule has 0 atom stereocenters. The van der Waals surface area contributed by atoms with E-state index in [1.54, 1.807) is 12.1 Å². The van der Waals surface area contributed by atoms with Gasteiger partial charge in [-0.05, 0) is 16.8 Å². The molecule has 2 amide bonds. The van der Waals surface area contributed by atoms with Crippen LogP contribution in [0.3, 0.4) is 0 Å². The van der Waals surface area contributed by atoms with Gasteiger partial charge in [0, 0.05) is 21.5 Å². The molecule has 6 heteroatoms. The minimum atomic E-state index is -0.801. The zero-order chi connectivity index (χ0) is 19.2. The van der Waals surface area contributed by atoms with Crippen molar-refractivity contribution >= 4 is 55.2 Å². The molecule has 0 spiro atoms. The van der Waals surface area contributed by atoms with Gasteiger partial charge >= 0.3 is 0 Å². The first-order valence-corrected chi connectivity index (χ1v) is 8.73. The lowest BCUT2D eigenvalue weighted by atomic mass is 9.91. The summed E-state index contributed by atoms with van der Waals surface area (Å²) in [5, 5.41) is 14.1. The Morgan fingerprint density at radius 3 is 2.25 bits per heavy atom. The van der Waals surface area contributed by atoms with E-state index in [9.17, 15) is 19.2 Å². The Bertz CT molecular complexity index is 1530. The van der Waals surface area contributed by atoms with E-state index in [1.807, 2.05) is 36.4 Å². The van der Waals surface area contributed by atoms with Crippen molar-refractivity contribution in [2.75, 3.05) is 0 Å². The predicted octanol–water partition coefficient (Wildman–Crippen LogP) is 4.75. The van der Waals surface area contributed by atoms with Crippen molar-refractivity contribution in [1.29, 1.82) is 0 Å². The van der Waals surface area contributed by atoms with Crippen LogP contribution in [0.25, 0.3) is 43.4 Å². The molecule has 0 unspecified atom stereocenters. The number of imide groups is 1. The number of aromatic amines is 1. The normalized spacial score (nSPS) is 14.1. The van der Waals surface area contributed by atoms with Crippen molar-refractivity contribution in [2.24, 2.45) is 0 Å². The number of aromatic nitrogens is 1. The average Bonchev–Trinajstić information content (AvgIpc) is 3.20. The van der Waals surface area contributed by atoms with Crippen molar-refractivity contribution in [3.8, 4) is 0 Å². The third-order valence-electron chi connectivity index (χ3n) is 5.54. The standard InChI is InChI=1S/C22H11FN2O3/c23-14-7-3-6-12-16-18-17(21(26)25(28)22(18)27)15-11-5-2-1-4-10(11)8-9-13(15)20(16)24-19(12)14/h1-9,24,28H. The van der Waals surface area contributed by atoms with Crippen LogP contribution in [0.2, 0.25) is 0 Å². The third kappa shape index (κ3) is 1.64. The number of rotatable bonds is 0. The molecule has 0 bridgehead atoms. The van der Waals surface area contributed by atoms with E-state index < -0.39 is 17.6 Å².